The minimum absolute atomic E-state index is 0.0131. The van der Waals surface area contributed by atoms with Crippen molar-refractivity contribution in [2.24, 2.45) is 5.73 Å². The van der Waals surface area contributed by atoms with Crippen LogP contribution >= 0.6 is 0 Å². The Morgan fingerprint density at radius 2 is 2.35 bits per heavy atom. The monoisotopic (exact) mass is 236 g/mol. The Morgan fingerprint density at radius 3 is 2.82 bits per heavy atom. The summed E-state index contributed by atoms with van der Waals surface area (Å²) in [5, 5.41) is 13.7. The number of nitrogens with one attached hydrogen (secondary N) is 1. The Hall–Kier alpha value is -1.69. The van der Waals surface area contributed by atoms with Crippen LogP contribution in [0.1, 0.15) is 24.8 Å². The van der Waals surface area contributed by atoms with Gasteiger partial charge in [-0.05, 0) is 31.7 Å². The van der Waals surface area contributed by atoms with E-state index in [1.54, 1.807) is 6.92 Å². The van der Waals surface area contributed by atoms with Crippen LogP contribution in [0.15, 0.2) is 12.3 Å². The highest BCUT2D eigenvalue weighted by Gasteiger charge is 2.32. The lowest BCUT2D eigenvalue weighted by Gasteiger charge is -2.38. The van der Waals surface area contributed by atoms with Crippen LogP contribution in [0.5, 0.6) is 0 Å². The van der Waals surface area contributed by atoms with E-state index in [9.17, 15) is 10.1 Å². The fourth-order valence-electron chi connectivity index (χ4n) is 1.91. The van der Waals surface area contributed by atoms with Crippen LogP contribution in [0.2, 0.25) is 0 Å². The Bertz CT molecular complexity index is 443. The minimum Gasteiger partial charge on any atom is -0.368 e. The minimum atomic E-state index is -0.444. The third kappa shape index (κ3) is 2.52. The molecule has 3 N–H and O–H groups in total. The fourth-order valence-corrected chi connectivity index (χ4v) is 1.91. The largest absolute Gasteiger partial charge is 0.368 e. The maximum absolute atomic E-state index is 10.6. The molecule has 0 amide bonds. The molecular formula is C11H16N4O2. The molecule has 0 spiro atoms. The van der Waals surface area contributed by atoms with Gasteiger partial charge in [-0.15, -0.1) is 0 Å². The average Bonchev–Trinajstić information content (AvgIpc) is 2.24. The maximum atomic E-state index is 10.6. The smallest absolute Gasteiger partial charge is 0.287 e. The van der Waals surface area contributed by atoms with Gasteiger partial charge in [0.15, 0.2) is 0 Å². The number of nitro groups is 1. The zero-order chi connectivity index (χ0) is 12.5. The molecule has 0 saturated heterocycles. The summed E-state index contributed by atoms with van der Waals surface area (Å²) in [7, 11) is 0. The van der Waals surface area contributed by atoms with Crippen molar-refractivity contribution >= 4 is 11.5 Å². The van der Waals surface area contributed by atoms with Crippen LogP contribution in [0.3, 0.4) is 0 Å². The van der Waals surface area contributed by atoms with Crippen LogP contribution in [0, 0.1) is 17.0 Å². The number of hydrogen-bond acceptors (Lipinski definition) is 5. The van der Waals surface area contributed by atoms with Gasteiger partial charge in [0, 0.05) is 18.2 Å². The normalized spacial score (nSPS) is 17.3. The Morgan fingerprint density at radius 1 is 1.65 bits per heavy atom. The molecule has 0 atom stereocenters. The molecule has 0 aromatic carbocycles. The number of nitrogens with zero attached hydrogens (tertiary/aromatic N) is 2. The molecule has 0 unspecified atom stereocenters. The average molecular weight is 236 g/mol. The molecule has 1 saturated carbocycles. The first-order chi connectivity index (χ1) is 8.00. The SMILES string of the molecule is Cc1cc([N+](=O)[O-])cnc1NCC1(N)CCC1. The van der Waals surface area contributed by atoms with E-state index in [0.29, 0.717) is 12.4 Å². The van der Waals surface area contributed by atoms with Crippen molar-refractivity contribution in [1.29, 1.82) is 0 Å². The summed E-state index contributed by atoms with van der Waals surface area (Å²) in [5.74, 6) is 0.673. The number of aromatic nitrogens is 1. The topological polar surface area (TPSA) is 94.1 Å². The van der Waals surface area contributed by atoms with Crippen molar-refractivity contribution < 1.29 is 4.92 Å². The van der Waals surface area contributed by atoms with Crippen molar-refractivity contribution in [3.8, 4) is 0 Å². The molecule has 2 rings (SSSR count). The van der Waals surface area contributed by atoms with E-state index in [1.807, 2.05) is 0 Å². The Balaban J connectivity index is 2.03. The van der Waals surface area contributed by atoms with Crippen molar-refractivity contribution in [1.82, 2.24) is 4.98 Å². The van der Waals surface area contributed by atoms with Gasteiger partial charge >= 0.3 is 0 Å². The molecule has 6 nitrogen and oxygen atoms in total. The van der Waals surface area contributed by atoms with Gasteiger partial charge in [-0.2, -0.15) is 0 Å². The molecule has 0 bridgehead atoms. The van der Waals surface area contributed by atoms with E-state index >= 15 is 0 Å². The summed E-state index contributed by atoms with van der Waals surface area (Å²) in [4.78, 5) is 14.2. The molecule has 92 valence electrons. The van der Waals surface area contributed by atoms with E-state index < -0.39 is 4.92 Å². The number of anilines is 1. The highest BCUT2D eigenvalue weighted by atomic mass is 16.6. The van der Waals surface area contributed by atoms with E-state index in [2.05, 4.69) is 10.3 Å². The van der Waals surface area contributed by atoms with Gasteiger partial charge in [-0.3, -0.25) is 10.1 Å². The fraction of sp³-hybridized carbons (Fsp3) is 0.545. The first-order valence-corrected chi connectivity index (χ1v) is 5.64. The van der Waals surface area contributed by atoms with E-state index in [-0.39, 0.29) is 11.2 Å². The van der Waals surface area contributed by atoms with E-state index in [4.69, 9.17) is 5.73 Å². The number of aryl methyl sites for hydroxylation is 1. The maximum Gasteiger partial charge on any atom is 0.287 e. The standard InChI is InChI=1S/C11H16N4O2/c1-8-5-9(15(16)17)6-13-10(8)14-7-11(12)3-2-4-11/h5-6H,2-4,7,12H2,1H3,(H,13,14). The van der Waals surface area contributed by atoms with Crippen molar-refractivity contribution in [3.05, 3.63) is 27.9 Å². The lowest BCUT2D eigenvalue weighted by Crippen LogP contribution is -2.52. The van der Waals surface area contributed by atoms with Gasteiger partial charge in [0.1, 0.15) is 12.0 Å². The molecule has 1 aliphatic rings. The lowest BCUT2D eigenvalue weighted by atomic mass is 9.78. The molecule has 0 aliphatic heterocycles. The van der Waals surface area contributed by atoms with Gasteiger partial charge in [0.25, 0.3) is 5.69 Å². The molecule has 17 heavy (non-hydrogen) atoms. The molecular weight excluding hydrogens is 220 g/mol. The van der Waals surface area contributed by atoms with Crippen LogP contribution in [-0.2, 0) is 0 Å². The third-order valence-corrected chi connectivity index (χ3v) is 3.23. The summed E-state index contributed by atoms with van der Waals surface area (Å²) in [6, 6.07) is 1.51. The zero-order valence-corrected chi connectivity index (χ0v) is 9.77. The molecule has 1 aliphatic carbocycles. The number of hydrogen-bond donors (Lipinski definition) is 2. The summed E-state index contributed by atoms with van der Waals surface area (Å²) < 4.78 is 0. The number of rotatable bonds is 4. The van der Waals surface area contributed by atoms with Crippen molar-refractivity contribution in [2.45, 2.75) is 31.7 Å². The van der Waals surface area contributed by atoms with Gasteiger partial charge < -0.3 is 11.1 Å². The molecule has 1 heterocycles. The van der Waals surface area contributed by atoms with E-state index in [0.717, 1.165) is 18.4 Å². The van der Waals surface area contributed by atoms with E-state index in [1.165, 1.54) is 18.7 Å². The van der Waals surface area contributed by atoms with Crippen LogP contribution in [0.4, 0.5) is 11.5 Å². The first kappa shape index (κ1) is 11.8. The molecule has 1 fully saturated rings. The van der Waals surface area contributed by atoms with Gasteiger partial charge in [-0.1, -0.05) is 0 Å². The van der Waals surface area contributed by atoms with Gasteiger partial charge in [0.2, 0.25) is 0 Å². The first-order valence-electron chi connectivity index (χ1n) is 5.64. The van der Waals surface area contributed by atoms with Gasteiger partial charge in [0.05, 0.1) is 4.92 Å². The summed E-state index contributed by atoms with van der Waals surface area (Å²) in [6.07, 6.45) is 4.47. The predicted octanol–water partition coefficient (Wildman–Crippen LogP) is 1.59. The number of nitrogens with two attached hydrogens (primary N) is 1. The molecule has 6 heteroatoms. The third-order valence-electron chi connectivity index (χ3n) is 3.23. The lowest BCUT2D eigenvalue weighted by molar-refractivity contribution is -0.385. The summed E-state index contributed by atoms with van der Waals surface area (Å²) in [5.41, 5.74) is 6.73. The van der Waals surface area contributed by atoms with Crippen LogP contribution in [-0.4, -0.2) is 22.0 Å². The quantitative estimate of drug-likeness (QED) is 0.611. The second-order valence-corrected chi connectivity index (χ2v) is 4.69. The Kier molecular flexibility index (Phi) is 2.97. The zero-order valence-electron chi connectivity index (χ0n) is 9.77. The summed E-state index contributed by atoms with van der Waals surface area (Å²) in [6.45, 7) is 2.46. The van der Waals surface area contributed by atoms with Crippen LogP contribution < -0.4 is 11.1 Å². The molecule has 1 aromatic rings. The highest BCUT2D eigenvalue weighted by molar-refractivity contribution is 5.48. The molecule has 0 radical (unpaired) electrons. The summed E-state index contributed by atoms with van der Waals surface area (Å²) >= 11 is 0. The molecule has 1 aromatic heterocycles. The highest BCUT2D eigenvalue weighted by Crippen LogP contribution is 2.29. The number of pyridine rings is 1. The van der Waals surface area contributed by atoms with Crippen molar-refractivity contribution in [3.63, 3.8) is 0 Å². The van der Waals surface area contributed by atoms with Gasteiger partial charge in [-0.25, -0.2) is 4.98 Å². The second kappa shape index (κ2) is 4.29. The van der Waals surface area contributed by atoms with Crippen LogP contribution in [0.25, 0.3) is 0 Å². The second-order valence-electron chi connectivity index (χ2n) is 4.69. The predicted molar refractivity (Wildman–Crippen MR) is 64.9 cm³/mol. The van der Waals surface area contributed by atoms with Crippen molar-refractivity contribution in [2.75, 3.05) is 11.9 Å². The Labute approximate surface area is 99.4 Å².